The van der Waals surface area contributed by atoms with E-state index in [2.05, 4.69) is 6.92 Å². The Labute approximate surface area is 92.1 Å². The average molecular weight is 210 g/mol. The number of Topliss-reactive ketones (excluding diaryl/α,β-unsaturated/α-hetero) is 1. The number of hydrogen-bond acceptors (Lipinski definition) is 2. The van der Waals surface area contributed by atoms with Crippen LogP contribution < -0.4 is 0 Å². The lowest BCUT2D eigenvalue weighted by Gasteiger charge is -2.48. The Hall–Kier alpha value is -0.370. The van der Waals surface area contributed by atoms with E-state index in [1.807, 2.05) is 6.92 Å². The first-order chi connectivity index (χ1) is 6.97. The fourth-order valence-corrected chi connectivity index (χ4v) is 3.56. The van der Waals surface area contributed by atoms with E-state index in [1.165, 1.54) is 0 Å². The summed E-state index contributed by atoms with van der Waals surface area (Å²) in [6.07, 6.45) is 6.71. The van der Waals surface area contributed by atoms with Gasteiger partial charge >= 0.3 is 0 Å². The van der Waals surface area contributed by atoms with Crippen LogP contribution >= 0.6 is 0 Å². The third kappa shape index (κ3) is 1.63. The number of carbonyl (C=O) groups excluding carboxylic acids is 1. The van der Waals surface area contributed by atoms with Crippen LogP contribution in [-0.4, -0.2) is 16.5 Å². The topological polar surface area (TPSA) is 37.3 Å². The normalized spacial score (nSPS) is 47.1. The van der Waals surface area contributed by atoms with Crippen molar-refractivity contribution in [3.05, 3.63) is 0 Å². The summed E-state index contributed by atoms with van der Waals surface area (Å²) in [4.78, 5) is 12.0. The second-order valence-corrected chi connectivity index (χ2v) is 5.81. The van der Waals surface area contributed by atoms with Gasteiger partial charge in [-0.05, 0) is 32.6 Å². The Morgan fingerprint density at radius 1 is 1.20 bits per heavy atom. The van der Waals surface area contributed by atoms with Crippen LogP contribution in [0.4, 0.5) is 0 Å². The first kappa shape index (κ1) is 11.1. The molecular weight excluding hydrogens is 188 g/mol. The lowest BCUT2D eigenvalue weighted by atomic mass is 9.58. The molecule has 2 rings (SSSR count). The molecule has 0 aromatic rings. The molecule has 0 radical (unpaired) electrons. The third-order valence-electron chi connectivity index (χ3n) is 4.91. The van der Waals surface area contributed by atoms with Gasteiger partial charge in [0.2, 0.25) is 0 Å². The van der Waals surface area contributed by atoms with Crippen LogP contribution in [0.15, 0.2) is 0 Å². The molecule has 0 saturated heterocycles. The summed E-state index contributed by atoms with van der Waals surface area (Å²) in [7, 11) is 0. The van der Waals surface area contributed by atoms with Crippen molar-refractivity contribution in [1.82, 2.24) is 0 Å². The number of fused-ring (bicyclic) bond motifs is 1. The zero-order valence-corrected chi connectivity index (χ0v) is 9.88. The van der Waals surface area contributed by atoms with E-state index in [4.69, 9.17) is 0 Å². The smallest absolute Gasteiger partial charge is 0.136 e. The minimum Gasteiger partial charge on any atom is -0.390 e. The highest BCUT2D eigenvalue weighted by Gasteiger charge is 2.52. The summed E-state index contributed by atoms with van der Waals surface area (Å²) < 4.78 is 0. The number of carbonyl (C=O) groups is 1. The van der Waals surface area contributed by atoms with Gasteiger partial charge in [-0.25, -0.2) is 0 Å². The van der Waals surface area contributed by atoms with Gasteiger partial charge in [0.25, 0.3) is 0 Å². The minimum absolute atomic E-state index is 0.115. The maximum absolute atomic E-state index is 12.0. The van der Waals surface area contributed by atoms with Crippen LogP contribution in [0.5, 0.6) is 0 Å². The number of hydrogen-bond donors (Lipinski definition) is 1. The van der Waals surface area contributed by atoms with E-state index in [9.17, 15) is 9.90 Å². The zero-order chi connectivity index (χ0) is 11.1. The van der Waals surface area contributed by atoms with E-state index < -0.39 is 5.60 Å². The summed E-state index contributed by atoms with van der Waals surface area (Å²) in [6, 6.07) is 0. The SMILES string of the molecule is C[C@]12CCCC(=O)[C@H]1CCCC[C@@]2(C)O. The summed E-state index contributed by atoms with van der Waals surface area (Å²) in [6.45, 7) is 4.06. The Kier molecular flexibility index (Phi) is 2.66. The van der Waals surface area contributed by atoms with Crippen LogP contribution in [0.2, 0.25) is 0 Å². The molecular formula is C13H22O2. The van der Waals surface area contributed by atoms with Crippen molar-refractivity contribution in [2.24, 2.45) is 11.3 Å². The Bertz CT molecular complexity index is 270. The van der Waals surface area contributed by atoms with Crippen molar-refractivity contribution in [2.75, 3.05) is 0 Å². The van der Waals surface area contributed by atoms with Crippen molar-refractivity contribution in [3.63, 3.8) is 0 Å². The van der Waals surface area contributed by atoms with E-state index in [0.29, 0.717) is 5.78 Å². The molecule has 2 aliphatic rings. The first-order valence-corrected chi connectivity index (χ1v) is 6.22. The van der Waals surface area contributed by atoms with Gasteiger partial charge in [-0.3, -0.25) is 4.79 Å². The molecule has 0 spiro atoms. The molecule has 1 N–H and O–H groups in total. The molecule has 0 unspecified atom stereocenters. The van der Waals surface area contributed by atoms with Crippen molar-refractivity contribution >= 4 is 5.78 Å². The molecule has 0 aliphatic heterocycles. The van der Waals surface area contributed by atoms with Gasteiger partial charge in [0, 0.05) is 17.8 Å². The van der Waals surface area contributed by atoms with Gasteiger partial charge < -0.3 is 5.11 Å². The minimum atomic E-state index is -0.649. The van der Waals surface area contributed by atoms with E-state index in [0.717, 1.165) is 44.9 Å². The standard InChI is InChI=1S/C13H22O2/c1-12-8-5-7-11(14)10(12)6-3-4-9-13(12,2)15/h10,15H,3-9H2,1-2H3/t10-,12+,13-/m1/s1. The third-order valence-corrected chi connectivity index (χ3v) is 4.91. The molecule has 3 atom stereocenters. The summed E-state index contributed by atoms with van der Waals surface area (Å²) >= 11 is 0. The summed E-state index contributed by atoms with van der Waals surface area (Å²) in [5.74, 6) is 0.509. The van der Waals surface area contributed by atoms with Crippen LogP contribution in [0.3, 0.4) is 0 Å². The van der Waals surface area contributed by atoms with Gasteiger partial charge in [0.1, 0.15) is 5.78 Å². The van der Waals surface area contributed by atoms with Crippen LogP contribution in [0.1, 0.15) is 58.8 Å². The predicted molar refractivity (Wildman–Crippen MR) is 59.5 cm³/mol. The maximum Gasteiger partial charge on any atom is 0.136 e. The highest BCUT2D eigenvalue weighted by molar-refractivity contribution is 5.82. The quantitative estimate of drug-likeness (QED) is 0.667. The maximum atomic E-state index is 12.0. The fourth-order valence-electron chi connectivity index (χ4n) is 3.56. The second kappa shape index (κ2) is 3.58. The van der Waals surface area contributed by atoms with Gasteiger partial charge in [-0.1, -0.05) is 19.8 Å². The highest BCUT2D eigenvalue weighted by Crippen LogP contribution is 2.52. The Balaban J connectivity index is 2.36. The van der Waals surface area contributed by atoms with Crippen molar-refractivity contribution in [3.8, 4) is 0 Å². The summed E-state index contributed by atoms with van der Waals surface area (Å²) in [5, 5.41) is 10.6. The molecule has 0 heterocycles. The monoisotopic (exact) mass is 210 g/mol. The molecule has 2 fully saturated rings. The van der Waals surface area contributed by atoms with Gasteiger partial charge in [-0.15, -0.1) is 0 Å². The molecule has 0 aromatic carbocycles. The number of ketones is 1. The van der Waals surface area contributed by atoms with Gasteiger partial charge in [-0.2, -0.15) is 0 Å². The molecule has 2 aliphatic carbocycles. The van der Waals surface area contributed by atoms with Crippen molar-refractivity contribution in [2.45, 2.75) is 64.4 Å². The second-order valence-electron chi connectivity index (χ2n) is 5.81. The largest absolute Gasteiger partial charge is 0.390 e. The predicted octanol–water partition coefficient (Wildman–Crippen LogP) is 2.69. The molecule has 0 aromatic heterocycles. The van der Waals surface area contributed by atoms with Crippen LogP contribution in [0, 0.1) is 11.3 Å². The van der Waals surface area contributed by atoms with E-state index in [-0.39, 0.29) is 11.3 Å². The molecule has 2 heteroatoms. The molecule has 0 amide bonds. The van der Waals surface area contributed by atoms with Crippen LogP contribution in [0.25, 0.3) is 0 Å². The average Bonchev–Trinajstić information content (AvgIpc) is 2.26. The lowest BCUT2D eigenvalue weighted by Crippen LogP contribution is -2.52. The van der Waals surface area contributed by atoms with E-state index >= 15 is 0 Å². The number of rotatable bonds is 0. The lowest BCUT2D eigenvalue weighted by molar-refractivity contribution is -0.148. The molecule has 2 saturated carbocycles. The van der Waals surface area contributed by atoms with Crippen molar-refractivity contribution in [1.29, 1.82) is 0 Å². The zero-order valence-electron chi connectivity index (χ0n) is 9.88. The Morgan fingerprint density at radius 3 is 2.67 bits per heavy atom. The molecule has 2 nitrogen and oxygen atoms in total. The van der Waals surface area contributed by atoms with E-state index in [1.54, 1.807) is 0 Å². The fraction of sp³-hybridized carbons (Fsp3) is 0.923. The highest BCUT2D eigenvalue weighted by atomic mass is 16.3. The van der Waals surface area contributed by atoms with Crippen molar-refractivity contribution < 1.29 is 9.90 Å². The van der Waals surface area contributed by atoms with Crippen LogP contribution in [-0.2, 0) is 4.79 Å². The summed E-state index contributed by atoms with van der Waals surface area (Å²) in [5.41, 5.74) is -0.816. The molecule has 0 bridgehead atoms. The first-order valence-electron chi connectivity index (χ1n) is 6.22. The number of aliphatic hydroxyl groups is 1. The molecule has 86 valence electrons. The Morgan fingerprint density at radius 2 is 1.93 bits per heavy atom. The van der Waals surface area contributed by atoms with Gasteiger partial charge in [0.15, 0.2) is 0 Å². The van der Waals surface area contributed by atoms with Gasteiger partial charge in [0.05, 0.1) is 5.60 Å². The molecule has 15 heavy (non-hydrogen) atoms.